The summed E-state index contributed by atoms with van der Waals surface area (Å²) < 4.78 is 30.1. The molecule has 0 bridgehead atoms. The van der Waals surface area contributed by atoms with Crippen molar-refractivity contribution in [2.45, 2.75) is 124 Å². The van der Waals surface area contributed by atoms with Crippen molar-refractivity contribution in [3.63, 3.8) is 0 Å². The van der Waals surface area contributed by atoms with Gasteiger partial charge in [-0.2, -0.15) is 8.78 Å². The third-order valence-electron chi connectivity index (χ3n) is 9.63. The fraction of sp³-hybridized carbons (Fsp3) is 0.442. The minimum atomic E-state index is -2.92. The third kappa shape index (κ3) is 6.40. The van der Waals surface area contributed by atoms with Crippen molar-refractivity contribution in [1.82, 2.24) is 0 Å². The molecule has 0 aliphatic heterocycles. The predicted octanol–water partition coefficient (Wildman–Crippen LogP) is 12.4. The number of hydrogen-bond donors (Lipinski definition) is 0. The molecule has 0 atom stereocenters. The Kier molecular flexibility index (Phi) is 8.04. The van der Waals surface area contributed by atoms with Crippen LogP contribution >= 0.6 is 0 Å². The van der Waals surface area contributed by atoms with E-state index in [0.717, 1.165) is 11.1 Å². The summed E-state index contributed by atoms with van der Waals surface area (Å²) >= 11 is 0. The molecule has 0 heterocycles. The zero-order valence-electron chi connectivity index (χ0n) is 29.6. The number of benzene rings is 4. The molecule has 0 nitrogen and oxygen atoms in total. The van der Waals surface area contributed by atoms with E-state index < -0.39 is 5.92 Å². The Balaban J connectivity index is 0.000000178. The lowest BCUT2D eigenvalue weighted by Gasteiger charge is -2.27. The van der Waals surface area contributed by atoms with E-state index in [1.807, 2.05) is 65.8 Å². The van der Waals surface area contributed by atoms with Crippen LogP contribution < -0.4 is 0 Å². The molecule has 2 aliphatic carbocycles. The van der Waals surface area contributed by atoms with Gasteiger partial charge in [-0.15, -0.1) is 0 Å². The quantitative estimate of drug-likeness (QED) is 0.187. The fourth-order valence-electron chi connectivity index (χ4n) is 6.48. The smallest absolute Gasteiger partial charge is 0.196 e. The van der Waals surface area contributed by atoms with Gasteiger partial charge in [0, 0.05) is 11.1 Å². The highest BCUT2D eigenvalue weighted by atomic mass is 19.3. The monoisotopic (exact) mass is 606 g/mol. The average molecular weight is 607 g/mol. The van der Waals surface area contributed by atoms with E-state index in [0.29, 0.717) is 11.1 Å². The van der Waals surface area contributed by atoms with E-state index >= 15 is 8.78 Å². The molecule has 4 aromatic rings. The Morgan fingerprint density at radius 2 is 0.667 bits per heavy atom. The Morgan fingerprint density at radius 1 is 0.400 bits per heavy atom. The summed E-state index contributed by atoms with van der Waals surface area (Å²) in [5.41, 5.74) is 12.5. The van der Waals surface area contributed by atoms with Gasteiger partial charge < -0.3 is 0 Å². The topological polar surface area (TPSA) is 0 Å². The number of rotatable bonds is 0. The minimum Gasteiger partial charge on any atom is -0.196 e. The van der Waals surface area contributed by atoms with E-state index in [-0.39, 0.29) is 32.8 Å². The maximum absolute atomic E-state index is 15.1. The summed E-state index contributed by atoms with van der Waals surface area (Å²) in [5, 5.41) is 0. The van der Waals surface area contributed by atoms with Gasteiger partial charge in [0.2, 0.25) is 0 Å². The van der Waals surface area contributed by atoms with Gasteiger partial charge in [-0.25, -0.2) is 0 Å². The largest absolute Gasteiger partial charge is 0.299 e. The molecule has 0 saturated carbocycles. The van der Waals surface area contributed by atoms with Gasteiger partial charge in [-0.1, -0.05) is 144 Å². The van der Waals surface area contributed by atoms with Crippen LogP contribution in [0.2, 0.25) is 0 Å². The van der Waals surface area contributed by atoms with Crippen LogP contribution in [0, 0.1) is 0 Å². The lowest BCUT2D eigenvalue weighted by molar-refractivity contribution is 0.0477. The minimum absolute atomic E-state index is 0.142. The lowest BCUT2D eigenvalue weighted by atomic mass is 9.78. The second-order valence-electron chi connectivity index (χ2n) is 17.3. The first kappa shape index (κ1) is 33.1. The number of aryl methyl sites for hydroxylation is 2. The Labute approximate surface area is 271 Å². The molecule has 0 spiro atoms. The van der Waals surface area contributed by atoms with Crippen LogP contribution in [-0.4, -0.2) is 0 Å². The van der Waals surface area contributed by atoms with E-state index in [1.54, 1.807) is 12.1 Å². The first-order valence-corrected chi connectivity index (χ1v) is 16.5. The van der Waals surface area contributed by atoms with Crippen molar-refractivity contribution in [1.29, 1.82) is 0 Å². The van der Waals surface area contributed by atoms with Gasteiger partial charge in [0.15, 0.2) is 0 Å². The molecule has 0 N–H and O–H groups in total. The highest BCUT2D eigenvalue weighted by molar-refractivity contribution is 5.80. The number of halogens is 2. The summed E-state index contributed by atoms with van der Waals surface area (Å²) in [7, 11) is 0. The second-order valence-corrected chi connectivity index (χ2v) is 17.3. The first-order chi connectivity index (χ1) is 20.6. The van der Waals surface area contributed by atoms with Gasteiger partial charge >= 0.3 is 0 Å². The standard InChI is InChI=1S/C22H28.C21H24F2/c1-21(2,3)17-9-11-19-15(13-17)7-8-16-14-18(22(4,5)6)10-12-20(16)19;1-19(2,3)13-7-9-15-16-10-8-14(20(4,5)6)12-18(16)21(22,23)17(15)11-13/h9-14H,7-8H2,1-6H3;7-12H,1-6H3. The second kappa shape index (κ2) is 10.9. The number of alkyl halides is 2. The van der Waals surface area contributed by atoms with Crippen molar-refractivity contribution in [2.75, 3.05) is 0 Å². The molecule has 0 amide bonds. The number of hydrogen-bond acceptors (Lipinski definition) is 0. The van der Waals surface area contributed by atoms with E-state index in [2.05, 4.69) is 77.9 Å². The molecule has 0 saturated heterocycles. The van der Waals surface area contributed by atoms with Gasteiger partial charge in [0.05, 0.1) is 0 Å². The maximum Gasteiger partial charge on any atom is 0.299 e. The molecule has 0 fully saturated rings. The van der Waals surface area contributed by atoms with E-state index in [4.69, 9.17) is 0 Å². The average Bonchev–Trinajstić information content (AvgIpc) is 3.16. The van der Waals surface area contributed by atoms with Gasteiger partial charge in [-0.3, -0.25) is 0 Å². The molecule has 45 heavy (non-hydrogen) atoms. The van der Waals surface area contributed by atoms with Crippen LogP contribution in [0.25, 0.3) is 22.3 Å². The Hall–Kier alpha value is -3.26. The Bertz CT molecular complexity index is 1610. The van der Waals surface area contributed by atoms with Crippen LogP contribution in [-0.2, 0) is 40.4 Å². The third-order valence-corrected chi connectivity index (χ3v) is 9.63. The SMILES string of the molecule is CC(C)(C)c1ccc2c(c1)C(F)(F)c1cc(C(C)(C)C)ccc1-2.CC(C)(C)c1ccc2c(c1)CCc1cc(C(C)(C)C)ccc1-2. The van der Waals surface area contributed by atoms with Crippen LogP contribution in [0.1, 0.15) is 128 Å². The highest BCUT2D eigenvalue weighted by Gasteiger charge is 2.45. The van der Waals surface area contributed by atoms with Gasteiger partial charge in [0.25, 0.3) is 5.92 Å². The molecule has 6 rings (SSSR count). The molecular formula is C43H52F2. The molecule has 2 aliphatic rings. The van der Waals surface area contributed by atoms with Crippen molar-refractivity contribution >= 4 is 0 Å². The van der Waals surface area contributed by atoms with Crippen LogP contribution in [0.4, 0.5) is 8.78 Å². The van der Waals surface area contributed by atoms with E-state index in [9.17, 15) is 0 Å². The summed E-state index contributed by atoms with van der Waals surface area (Å²) in [5.74, 6) is -2.92. The van der Waals surface area contributed by atoms with Crippen molar-refractivity contribution in [3.05, 3.63) is 117 Å². The van der Waals surface area contributed by atoms with Crippen molar-refractivity contribution in [3.8, 4) is 22.3 Å². The fourth-order valence-corrected chi connectivity index (χ4v) is 6.48. The van der Waals surface area contributed by atoms with Crippen LogP contribution in [0.5, 0.6) is 0 Å². The molecule has 0 radical (unpaired) electrons. The zero-order chi connectivity index (χ0) is 33.3. The van der Waals surface area contributed by atoms with E-state index in [1.165, 1.54) is 46.2 Å². The highest BCUT2D eigenvalue weighted by Crippen LogP contribution is 2.52. The summed E-state index contributed by atoms with van der Waals surface area (Å²) in [6, 6.07) is 25.2. The normalized spacial score (nSPS) is 15.3. The van der Waals surface area contributed by atoms with Crippen LogP contribution in [0.15, 0.2) is 72.8 Å². The number of fused-ring (bicyclic) bond motifs is 6. The van der Waals surface area contributed by atoms with Crippen molar-refractivity contribution in [2.24, 2.45) is 0 Å². The molecule has 0 aromatic heterocycles. The van der Waals surface area contributed by atoms with Crippen molar-refractivity contribution < 1.29 is 8.78 Å². The summed E-state index contributed by atoms with van der Waals surface area (Å²) in [6.07, 6.45) is 2.33. The summed E-state index contributed by atoms with van der Waals surface area (Å²) in [6.45, 7) is 26.0. The Morgan fingerprint density at radius 3 is 0.956 bits per heavy atom. The molecule has 4 aromatic carbocycles. The molecule has 0 unspecified atom stereocenters. The predicted molar refractivity (Wildman–Crippen MR) is 189 cm³/mol. The summed E-state index contributed by atoms with van der Waals surface area (Å²) in [4.78, 5) is 0. The van der Waals surface area contributed by atoms with Crippen LogP contribution in [0.3, 0.4) is 0 Å². The first-order valence-electron chi connectivity index (χ1n) is 16.5. The molecular weight excluding hydrogens is 554 g/mol. The van der Waals surface area contributed by atoms with Gasteiger partial charge in [-0.05, 0) is 102 Å². The molecule has 238 valence electrons. The lowest BCUT2D eigenvalue weighted by Crippen LogP contribution is -2.16. The molecule has 2 heteroatoms. The maximum atomic E-state index is 15.1. The van der Waals surface area contributed by atoms with Gasteiger partial charge in [0.1, 0.15) is 0 Å². The zero-order valence-corrected chi connectivity index (χ0v) is 29.6.